The van der Waals surface area contributed by atoms with Gasteiger partial charge in [0.25, 0.3) is 0 Å². The Hall–Kier alpha value is -2.64. The first-order valence-corrected chi connectivity index (χ1v) is 6.22. The Morgan fingerprint density at radius 3 is 2.48 bits per heavy atom. The van der Waals surface area contributed by atoms with Gasteiger partial charge in [0, 0.05) is 24.4 Å². The first-order valence-electron chi connectivity index (χ1n) is 6.22. The molecule has 1 aromatic rings. The predicted molar refractivity (Wildman–Crippen MR) is 75.1 cm³/mol. The van der Waals surface area contributed by atoms with E-state index in [9.17, 15) is 14.4 Å². The van der Waals surface area contributed by atoms with Gasteiger partial charge in [-0.15, -0.1) is 0 Å². The van der Waals surface area contributed by atoms with E-state index in [1.165, 1.54) is 6.08 Å². The highest BCUT2D eigenvalue weighted by molar-refractivity contribution is 5.95. The molecule has 0 aliphatic rings. The number of aryl methyl sites for hydroxylation is 2. The molecule has 0 saturated carbocycles. The molecule has 0 aliphatic carbocycles. The topological polar surface area (TPSA) is 127 Å². The maximum absolute atomic E-state index is 11.7. The predicted octanol–water partition coefficient (Wildman–Crippen LogP) is -0.505. The van der Waals surface area contributed by atoms with Crippen molar-refractivity contribution in [2.24, 2.45) is 12.8 Å². The van der Waals surface area contributed by atoms with E-state index in [1.54, 1.807) is 24.7 Å². The summed E-state index contributed by atoms with van der Waals surface area (Å²) in [5, 5.41) is 15.3. The Kier molecular flexibility index (Phi) is 5.23. The van der Waals surface area contributed by atoms with Crippen molar-refractivity contribution in [3.63, 3.8) is 0 Å². The van der Waals surface area contributed by atoms with Gasteiger partial charge in [-0.3, -0.25) is 14.3 Å². The number of carboxylic acid groups (broad SMARTS) is 1. The number of carbonyl (C=O) groups excluding carboxylic acids is 2. The van der Waals surface area contributed by atoms with Crippen LogP contribution in [0.3, 0.4) is 0 Å². The van der Waals surface area contributed by atoms with Crippen molar-refractivity contribution < 1.29 is 19.5 Å². The van der Waals surface area contributed by atoms with Gasteiger partial charge in [0.2, 0.25) is 11.8 Å². The van der Waals surface area contributed by atoms with Gasteiger partial charge in [0.1, 0.15) is 6.04 Å². The number of nitrogens with zero attached hydrogens (tertiary/aromatic N) is 2. The van der Waals surface area contributed by atoms with E-state index < -0.39 is 30.2 Å². The van der Waals surface area contributed by atoms with Crippen LogP contribution in [0.1, 0.15) is 23.4 Å². The van der Waals surface area contributed by atoms with Crippen molar-refractivity contribution in [3.8, 4) is 0 Å². The summed E-state index contributed by atoms with van der Waals surface area (Å²) in [6.07, 6.45) is 2.30. The summed E-state index contributed by atoms with van der Waals surface area (Å²) in [5.74, 6) is -2.73. The lowest BCUT2D eigenvalue weighted by Gasteiger charge is -2.10. The molecule has 1 unspecified atom stereocenters. The fourth-order valence-electron chi connectivity index (χ4n) is 1.81. The van der Waals surface area contributed by atoms with Crippen LogP contribution in [-0.2, 0) is 21.4 Å². The van der Waals surface area contributed by atoms with Gasteiger partial charge in [-0.05, 0) is 19.9 Å². The summed E-state index contributed by atoms with van der Waals surface area (Å²) in [6.45, 7) is 3.66. The third-order valence-electron chi connectivity index (χ3n) is 2.99. The number of amides is 2. The second kappa shape index (κ2) is 6.69. The highest BCUT2D eigenvalue weighted by atomic mass is 16.4. The highest BCUT2D eigenvalue weighted by Crippen LogP contribution is 2.13. The Morgan fingerprint density at radius 2 is 2.05 bits per heavy atom. The third-order valence-corrected chi connectivity index (χ3v) is 2.99. The molecule has 1 aromatic heterocycles. The number of carboxylic acids is 1. The molecule has 8 nitrogen and oxygen atoms in total. The highest BCUT2D eigenvalue weighted by Gasteiger charge is 2.21. The van der Waals surface area contributed by atoms with Gasteiger partial charge < -0.3 is 16.2 Å². The molecule has 0 fully saturated rings. The first-order chi connectivity index (χ1) is 9.72. The molecule has 1 atom stereocenters. The summed E-state index contributed by atoms with van der Waals surface area (Å²) in [6, 6.07) is -1.34. The van der Waals surface area contributed by atoms with Crippen LogP contribution in [0.4, 0.5) is 0 Å². The molecular formula is C13H18N4O4. The van der Waals surface area contributed by atoms with Gasteiger partial charge in [-0.2, -0.15) is 5.10 Å². The Balaban J connectivity index is 2.78. The van der Waals surface area contributed by atoms with Crippen molar-refractivity contribution in [3.05, 3.63) is 23.0 Å². The number of hydrogen-bond donors (Lipinski definition) is 3. The molecule has 2 amide bonds. The average Bonchev–Trinajstić information content (AvgIpc) is 2.60. The number of aromatic nitrogens is 2. The van der Waals surface area contributed by atoms with E-state index >= 15 is 0 Å². The summed E-state index contributed by atoms with van der Waals surface area (Å²) >= 11 is 0. The normalized spacial score (nSPS) is 12.3. The van der Waals surface area contributed by atoms with Crippen LogP contribution in [0.5, 0.6) is 0 Å². The number of hydrogen-bond acceptors (Lipinski definition) is 4. The minimum Gasteiger partial charge on any atom is -0.480 e. The molecule has 8 heteroatoms. The number of aliphatic carboxylic acids is 1. The molecule has 0 aromatic carbocycles. The second-order valence-corrected chi connectivity index (χ2v) is 4.61. The smallest absolute Gasteiger partial charge is 0.326 e. The van der Waals surface area contributed by atoms with Crippen molar-refractivity contribution in [1.82, 2.24) is 15.1 Å². The first kappa shape index (κ1) is 16.4. The number of carbonyl (C=O) groups is 3. The molecule has 0 bridgehead atoms. The Labute approximate surface area is 121 Å². The minimum atomic E-state index is -1.34. The van der Waals surface area contributed by atoms with Crippen molar-refractivity contribution in [2.75, 3.05) is 0 Å². The lowest BCUT2D eigenvalue weighted by Crippen LogP contribution is -2.42. The Bertz CT molecular complexity index is 604. The van der Waals surface area contributed by atoms with Gasteiger partial charge >= 0.3 is 5.97 Å². The van der Waals surface area contributed by atoms with Crippen molar-refractivity contribution >= 4 is 23.9 Å². The number of rotatable bonds is 6. The molecule has 4 N–H and O–H groups in total. The second-order valence-electron chi connectivity index (χ2n) is 4.61. The molecule has 1 rings (SSSR count). The van der Waals surface area contributed by atoms with Crippen LogP contribution in [0.25, 0.3) is 6.08 Å². The van der Waals surface area contributed by atoms with Crippen LogP contribution in [0.2, 0.25) is 0 Å². The molecule has 21 heavy (non-hydrogen) atoms. The lowest BCUT2D eigenvalue weighted by molar-refractivity contribution is -0.142. The number of nitrogens with two attached hydrogens (primary N) is 1. The molecule has 0 aliphatic heterocycles. The fourth-order valence-corrected chi connectivity index (χ4v) is 1.81. The van der Waals surface area contributed by atoms with Gasteiger partial charge in [0.15, 0.2) is 0 Å². The maximum Gasteiger partial charge on any atom is 0.326 e. The van der Waals surface area contributed by atoms with Crippen LogP contribution >= 0.6 is 0 Å². The lowest BCUT2D eigenvalue weighted by atomic mass is 10.1. The van der Waals surface area contributed by atoms with E-state index in [0.717, 1.165) is 17.0 Å². The quantitative estimate of drug-likeness (QED) is 0.609. The van der Waals surface area contributed by atoms with E-state index in [-0.39, 0.29) is 0 Å². The van der Waals surface area contributed by atoms with Gasteiger partial charge in [-0.25, -0.2) is 4.79 Å². The van der Waals surface area contributed by atoms with Crippen LogP contribution in [-0.4, -0.2) is 38.7 Å². The van der Waals surface area contributed by atoms with E-state index in [0.29, 0.717) is 0 Å². The molecule has 0 radical (unpaired) electrons. The molecule has 114 valence electrons. The van der Waals surface area contributed by atoms with Crippen LogP contribution in [0, 0.1) is 13.8 Å². The summed E-state index contributed by atoms with van der Waals surface area (Å²) in [7, 11) is 1.78. The van der Waals surface area contributed by atoms with E-state index in [2.05, 4.69) is 10.4 Å². The largest absolute Gasteiger partial charge is 0.480 e. The minimum absolute atomic E-state index is 0.458. The maximum atomic E-state index is 11.7. The number of nitrogens with one attached hydrogen (secondary N) is 1. The average molecular weight is 294 g/mol. The zero-order valence-corrected chi connectivity index (χ0v) is 12.1. The van der Waals surface area contributed by atoms with Crippen LogP contribution < -0.4 is 11.1 Å². The van der Waals surface area contributed by atoms with E-state index in [4.69, 9.17) is 10.8 Å². The molecule has 0 saturated heterocycles. The monoisotopic (exact) mass is 294 g/mol. The SMILES string of the molecule is Cc1nn(C)c(C)c1/C=C/C(=O)NC(CC(N)=O)C(=O)O. The summed E-state index contributed by atoms with van der Waals surface area (Å²) in [4.78, 5) is 33.3. The standard InChI is InChI=1S/C13H18N4O4/c1-7-9(8(2)17(3)16-7)4-5-12(19)15-10(13(20)21)6-11(14)18/h4-5,10H,6H2,1-3H3,(H2,14,18)(H,15,19)(H,20,21)/b5-4+. The van der Waals surface area contributed by atoms with Gasteiger partial charge in [0.05, 0.1) is 12.1 Å². The summed E-state index contributed by atoms with van der Waals surface area (Å²) in [5.41, 5.74) is 7.35. The Morgan fingerprint density at radius 1 is 1.43 bits per heavy atom. The zero-order chi connectivity index (χ0) is 16.2. The molecular weight excluding hydrogens is 276 g/mol. The van der Waals surface area contributed by atoms with E-state index in [1.807, 2.05) is 6.92 Å². The van der Waals surface area contributed by atoms with Crippen molar-refractivity contribution in [2.45, 2.75) is 26.3 Å². The summed E-state index contributed by atoms with van der Waals surface area (Å²) < 4.78 is 1.68. The fraction of sp³-hybridized carbons (Fsp3) is 0.385. The number of primary amides is 1. The third kappa shape index (κ3) is 4.44. The molecule has 1 heterocycles. The van der Waals surface area contributed by atoms with Crippen molar-refractivity contribution in [1.29, 1.82) is 0 Å². The molecule has 0 spiro atoms. The van der Waals surface area contributed by atoms with Crippen LogP contribution in [0.15, 0.2) is 6.08 Å². The zero-order valence-electron chi connectivity index (χ0n) is 12.1. The van der Waals surface area contributed by atoms with Gasteiger partial charge in [-0.1, -0.05) is 0 Å².